The van der Waals surface area contributed by atoms with E-state index in [1.165, 1.54) is 6.20 Å². The van der Waals surface area contributed by atoms with Gasteiger partial charge in [0.1, 0.15) is 5.56 Å². The van der Waals surface area contributed by atoms with Crippen LogP contribution in [0.2, 0.25) is 0 Å². The summed E-state index contributed by atoms with van der Waals surface area (Å²) >= 11 is 0. The minimum Gasteiger partial charge on any atom is -0.360 e. The average molecular weight is 388 g/mol. The van der Waals surface area contributed by atoms with Gasteiger partial charge < -0.3 is 20.2 Å². The fourth-order valence-corrected chi connectivity index (χ4v) is 3.35. The number of carbonyl (C=O) groups is 2. The van der Waals surface area contributed by atoms with Gasteiger partial charge in [0.25, 0.3) is 5.91 Å². The van der Waals surface area contributed by atoms with Crippen LogP contribution in [0, 0.1) is 0 Å². The van der Waals surface area contributed by atoms with Crippen molar-refractivity contribution in [2.45, 2.75) is 13.5 Å². The van der Waals surface area contributed by atoms with E-state index in [0.29, 0.717) is 16.6 Å². The fourth-order valence-electron chi connectivity index (χ4n) is 3.35. The van der Waals surface area contributed by atoms with Gasteiger partial charge in [0, 0.05) is 46.4 Å². The Kier molecular flexibility index (Phi) is 4.87. The molecule has 0 saturated heterocycles. The molecule has 3 N–H and O–H groups in total. The molecule has 0 radical (unpaired) electrons. The number of hydrogen-bond donors (Lipinski definition) is 3. The first-order chi connectivity index (χ1) is 14.1. The van der Waals surface area contributed by atoms with Gasteiger partial charge in [-0.1, -0.05) is 12.1 Å². The van der Waals surface area contributed by atoms with Gasteiger partial charge in [-0.3, -0.25) is 14.4 Å². The van der Waals surface area contributed by atoms with Crippen molar-refractivity contribution in [3.8, 4) is 0 Å². The fraction of sp³-hybridized carbons (Fsp3) is 0.136. The summed E-state index contributed by atoms with van der Waals surface area (Å²) in [6.07, 6.45) is 3.36. The number of benzene rings is 2. The molecule has 2 aromatic carbocycles. The average Bonchev–Trinajstić information content (AvgIpc) is 3.15. The number of fused-ring (bicyclic) bond motifs is 2. The molecule has 0 spiro atoms. The predicted octanol–water partition coefficient (Wildman–Crippen LogP) is 2.87. The second-order valence-corrected chi connectivity index (χ2v) is 6.68. The molecule has 0 atom stereocenters. The number of H-pyrrole nitrogens is 1. The van der Waals surface area contributed by atoms with E-state index < -0.39 is 5.91 Å². The molecule has 0 aliphatic heterocycles. The lowest BCUT2D eigenvalue weighted by atomic mass is 10.1. The number of anilines is 1. The highest BCUT2D eigenvalue weighted by Crippen LogP contribution is 2.20. The zero-order chi connectivity index (χ0) is 20.4. The van der Waals surface area contributed by atoms with E-state index in [2.05, 4.69) is 27.1 Å². The minimum absolute atomic E-state index is 0.0289. The molecule has 2 heterocycles. The summed E-state index contributed by atoms with van der Waals surface area (Å²) in [5.41, 5.74) is 1.99. The Bertz CT molecular complexity index is 1290. The lowest BCUT2D eigenvalue weighted by molar-refractivity contribution is -0.115. The molecule has 4 rings (SSSR count). The monoisotopic (exact) mass is 388 g/mol. The van der Waals surface area contributed by atoms with Crippen molar-refractivity contribution < 1.29 is 9.59 Å². The molecule has 2 amide bonds. The highest BCUT2D eigenvalue weighted by atomic mass is 16.2. The van der Waals surface area contributed by atoms with Gasteiger partial charge in [0.15, 0.2) is 0 Å². The molecular formula is C22H20N4O3. The molecule has 2 aromatic heterocycles. The first-order valence-electron chi connectivity index (χ1n) is 9.34. The van der Waals surface area contributed by atoms with Gasteiger partial charge in [-0.05, 0) is 43.3 Å². The second-order valence-electron chi connectivity index (χ2n) is 6.68. The quantitative estimate of drug-likeness (QED) is 0.490. The van der Waals surface area contributed by atoms with Crippen LogP contribution in [-0.4, -0.2) is 27.9 Å². The Labute approximate surface area is 166 Å². The molecule has 146 valence electrons. The van der Waals surface area contributed by atoms with Crippen LogP contribution in [0.25, 0.3) is 21.8 Å². The Hall–Kier alpha value is -3.87. The van der Waals surface area contributed by atoms with Gasteiger partial charge in [-0.2, -0.15) is 0 Å². The number of pyridine rings is 1. The van der Waals surface area contributed by atoms with Crippen LogP contribution < -0.4 is 16.1 Å². The van der Waals surface area contributed by atoms with E-state index in [-0.39, 0.29) is 23.4 Å². The normalized spacial score (nSPS) is 10.9. The third-order valence-corrected chi connectivity index (χ3v) is 4.84. The van der Waals surface area contributed by atoms with Crippen molar-refractivity contribution in [1.29, 1.82) is 0 Å². The number of amides is 2. The van der Waals surface area contributed by atoms with Crippen molar-refractivity contribution >= 4 is 39.3 Å². The number of nitrogens with one attached hydrogen (secondary N) is 3. The van der Waals surface area contributed by atoms with E-state index in [0.717, 1.165) is 17.4 Å². The Morgan fingerprint density at radius 2 is 1.93 bits per heavy atom. The number of rotatable bonds is 5. The molecule has 0 aliphatic carbocycles. The number of carbonyl (C=O) groups excluding carboxylic acids is 2. The van der Waals surface area contributed by atoms with Gasteiger partial charge in [0.2, 0.25) is 11.3 Å². The molecule has 29 heavy (non-hydrogen) atoms. The molecule has 0 saturated carbocycles. The lowest BCUT2D eigenvalue weighted by Crippen LogP contribution is -2.35. The number of para-hydroxylation sites is 1. The summed E-state index contributed by atoms with van der Waals surface area (Å²) in [7, 11) is 0. The maximum atomic E-state index is 12.5. The minimum atomic E-state index is -0.595. The zero-order valence-corrected chi connectivity index (χ0v) is 15.9. The topological polar surface area (TPSA) is 96.0 Å². The SMILES string of the molecule is CCn1ccc2cc(NC(=O)CNC(=O)c3c[nH]c4ccccc4c3=O)ccc21. The first-order valence-corrected chi connectivity index (χ1v) is 9.34. The zero-order valence-electron chi connectivity index (χ0n) is 15.9. The number of aromatic amines is 1. The van der Waals surface area contributed by atoms with Crippen LogP contribution in [-0.2, 0) is 11.3 Å². The molecule has 0 bridgehead atoms. The number of nitrogens with zero attached hydrogens (tertiary/aromatic N) is 1. The molecule has 7 nitrogen and oxygen atoms in total. The van der Waals surface area contributed by atoms with Crippen molar-refractivity contribution in [3.63, 3.8) is 0 Å². The second kappa shape index (κ2) is 7.63. The summed E-state index contributed by atoms with van der Waals surface area (Å²) in [6, 6.07) is 14.6. The summed E-state index contributed by atoms with van der Waals surface area (Å²) < 4.78 is 2.11. The van der Waals surface area contributed by atoms with E-state index in [9.17, 15) is 14.4 Å². The van der Waals surface area contributed by atoms with Crippen molar-refractivity contribution in [2.75, 3.05) is 11.9 Å². The van der Waals surface area contributed by atoms with Crippen LogP contribution in [0.15, 0.2) is 65.7 Å². The van der Waals surface area contributed by atoms with E-state index >= 15 is 0 Å². The van der Waals surface area contributed by atoms with Crippen molar-refractivity contribution in [2.24, 2.45) is 0 Å². The number of aromatic nitrogens is 2. The van der Waals surface area contributed by atoms with Crippen LogP contribution >= 0.6 is 0 Å². The van der Waals surface area contributed by atoms with E-state index in [1.807, 2.05) is 30.5 Å². The predicted molar refractivity (Wildman–Crippen MR) is 113 cm³/mol. The van der Waals surface area contributed by atoms with Gasteiger partial charge in [-0.15, -0.1) is 0 Å². The number of aryl methyl sites for hydroxylation is 1. The molecule has 0 fully saturated rings. The smallest absolute Gasteiger partial charge is 0.257 e. The molecule has 4 aromatic rings. The third-order valence-electron chi connectivity index (χ3n) is 4.84. The Balaban J connectivity index is 1.42. The van der Waals surface area contributed by atoms with Crippen LogP contribution in [0.4, 0.5) is 5.69 Å². The molecule has 7 heteroatoms. The first kappa shape index (κ1) is 18.5. The van der Waals surface area contributed by atoms with Crippen LogP contribution in [0.5, 0.6) is 0 Å². The highest BCUT2D eigenvalue weighted by Gasteiger charge is 2.14. The van der Waals surface area contributed by atoms with E-state index in [4.69, 9.17) is 0 Å². The summed E-state index contributed by atoms with van der Waals surface area (Å²) in [4.78, 5) is 40.0. The van der Waals surface area contributed by atoms with Gasteiger partial charge in [0.05, 0.1) is 6.54 Å². The Morgan fingerprint density at radius 1 is 1.10 bits per heavy atom. The van der Waals surface area contributed by atoms with Gasteiger partial charge >= 0.3 is 0 Å². The summed E-state index contributed by atoms with van der Waals surface area (Å²) in [6.45, 7) is 2.70. The molecule has 0 aliphatic rings. The highest BCUT2D eigenvalue weighted by molar-refractivity contribution is 6.01. The van der Waals surface area contributed by atoms with Crippen LogP contribution in [0.3, 0.4) is 0 Å². The maximum Gasteiger partial charge on any atom is 0.257 e. The third kappa shape index (κ3) is 3.62. The largest absolute Gasteiger partial charge is 0.360 e. The van der Waals surface area contributed by atoms with Crippen molar-refractivity contribution in [3.05, 3.63) is 76.7 Å². The summed E-state index contributed by atoms with van der Waals surface area (Å²) in [5, 5.41) is 6.72. The van der Waals surface area contributed by atoms with E-state index in [1.54, 1.807) is 24.3 Å². The molecular weight excluding hydrogens is 368 g/mol. The Morgan fingerprint density at radius 3 is 2.76 bits per heavy atom. The number of hydrogen-bond acceptors (Lipinski definition) is 3. The lowest BCUT2D eigenvalue weighted by Gasteiger charge is -2.08. The summed E-state index contributed by atoms with van der Waals surface area (Å²) in [5.74, 6) is -0.965. The van der Waals surface area contributed by atoms with Crippen molar-refractivity contribution in [1.82, 2.24) is 14.9 Å². The van der Waals surface area contributed by atoms with Crippen LogP contribution in [0.1, 0.15) is 17.3 Å². The van der Waals surface area contributed by atoms with Gasteiger partial charge in [-0.25, -0.2) is 0 Å². The standard InChI is InChI=1S/C22H20N4O3/c1-2-26-10-9-14-11-15(7-8-19(14)26)25-20(27)13-24-22(29)17-12-23-18-6-4-3-5-16(18)21(17)28/h3-12H,2,13H2,1H3,(H,23,28)(H,24,29)(H,25,27). The maximum absolute atomic E-state index is 12.5. The molecule has 0 unspecified atom stereocenters.